The van der Waals surface area contributed by atoms with Gasteiger partial charge in [-0.05, 0) is 44.0 Å². The summed E-state index contributed by atoms with van der Waals surface area (Å²) < 4.78 is 6.19. The van der Waals surface area contributed by atoms with Crippen molar-refractivity contribution in [1.29, 1.82) is 0 Å². The molecule has 2 aliphatic rings. The number of benzene rings is 1. The largest absolute Gasteiger partial charge is 0.490 e. The van der Waals surface area contributed by atoms with Crippen molar-refractivity contribution in [3.8, 4) is 5.75 Å². The summed E-state index contributed by atoms with van der Waals surface area (Å²) in [6.45, 7) is 8.04. The van der Waals surface area contributed by atoms with Crippen molar-refractivity contribution in [2.75, 3.05) is 52.9 Å². The van der Waals surface area contributed by atoms with Crippen molar-refractivity contribution in [2.45, 2.75) is 25.4 Å². The van der Waals surface area contributed by atoms with Gasteiger partial charge in [-0.2, -0.15) is 0 Å². The Morgan fingerprint density at radius 1 is 1.14 bits per heavy atom. The normalized spacial score (nSPS) is 21.9. The Hall–Kier alpha value is -1.10. The van der Waals surface area contributed by atoms with Crippen molar-refractivity contribution in [3.05, 3.63) is 29.8 Å². The SMILES string of the molecule is CN1CCC(Oc2cccc(CCN3CCNCC3)c2)CC1. The van der Waals surface area contributed by atoms with Gasteiger partial charge in [0, 0.05) is 45.8 Å². The van der Waals surface area contributed by atoms with E-state index in [0.29, 0.717) is 6.10 Å². The van der Waals surface area contributed by atoms with E-state index >= 15 is 0 Å². The van der Waals surface area contributed by atoms with E-state index in [-0.39, 0.29) is 0 Å². The van der Waals surface area contributed by atoms with E-state index in [9.17, 15) is 0 Å². The summed E-state index contributed by atoms with van der Waals surface area (Å²) >= 11 is 0. The first-order valence-electron chi connectivity index (χ1n) is 8.67. The maximum atomic E-state index is 6.19. The number of rotatable bonds is 5. The molecule has 3 rings (SSSR count). The summed E-state index contributed by atoms with van der Waals surface area (Å²) in [4.78, 5) is 4.92. The molecular formula is C18H29N3O. The third-order valence-electron chi connectivity index (χ3n) is 4.79. The van der Waals surface area contributed by atoms with E-state index in [1.165, 1.54) is 18.7 Å². The molecule has 0 aromatic heterocycles. The Balaban J connectivity index is 1.49. The number of hydrogen-bond donors (Lipinski definition) is 1. The maximum Gasteiger partial charge on any atom is 0.119 e. The van der Waals surface area contributed by atoms with Gasteiger partial charge >= 0.3 is 0 Å². The zero-order valence-corrected chi connectivity index (χ0v) is 13.8. The van der Waals surface area contributed by atoms with Crippen LogP contribution in [0.3, 0.4) is 0 Å². The van der Waals surface area contributed by atoms with Gasteiger partial charge in [0.15, 0.2) is 0 Å². The smallest absolute Gasteiger partial charge is 0.119 e. The summed E-state index contributed by atoms with van der Waals surface area (Å²) in [7, 11) is 2.19. The summed E-state index contributed by atoms with van der Waals surface area (Å²) in [6.07, 6.45) is 3.78. The molecule has 0 saturated carbocycles. The lowest BCUT2D eigenvalue weighted by Gasteiger charge is -2.29. The standard InChI is InChI=1S/C18H29N3O/c1-20-10-6-17(7-11-20)22-18-4-2-3-16(15-18)5-12-21-13-8-19-9-14-21/h2-4,15,17,19H,5-14H2,1H3. The molecule has 2 aliphatic heterocycles. The fourth-order valence-electron chi connectivity index (χ4n) is 3.29. The third-order valence-corrected chi connectivity index (χ3v) is 4.79. The minimum atomic E-state index is 0.389. The van der Waals surface area contributed by atoms with Gasteiger partial charge in [0.25, 0.3) is 0 Å². The third kappa shape index (κ3) is 4.70. The predicted molar refractivity (Wildman–Crippen MR) is 90.6 cm³/mol. The van der Waals surface area contributed by atoms with Crippen LogP contribution in [-0.2, 0) is 6.42 Å². The van der Waals surface area contributed by atoms with Gasteiger partial charge in [0.05, 0.1) is 0 Å². The molecule has 1 aromatic carbocycles. The van der Waals surface area contributed by atoms with E-state index in [4.69, 9.17) is 4.74 Å². The molecule has 1 aromatic rings. The van der Waals surface area contributed by atoms with E-state index < -0.39 is 0 Å². The second-order valence-electron chi connectivity index (χ2n) is 6.61. The Kier molecular flexibility index (Phi) is 5.70. The van der Waals surface area contributed by atoms with Gasteiger partial charge in [0.2, 0.25) is 0 Å². The van der Waals surface area contributed by atoms with Crippen molar-refractivity contribution in [1.82, 2.24) is 15.1 Å². The minimum Gasteiger partial charge on any atom is -0.490 e. The summed E-state index contributed by atoms with van der Waals surface area (Å²) in [5.41, 5.74) is 1.39. The molecule has 0 radical (unpaired) electrons. The molecule has 0 atom stereocenters. The first kappa shape index (κ1) is 15.8. The van der Waals surface area contributed by atoms with Crippen molar-refractivity contribution in [3.63, 3.8) is 0 Å². The van der Waals surface area contributed by atoms with Crippen LogP contribution in [0.5, 0.6) is 5.75 Å². The Morgan fingerprint density at radius 2 is 1.91 bits per heavy atom. The van der Waals surface area contributed by atoms with Crippen molar-refractivity contribution in [2.24, 2.45) is 0 Å². The van der Waals surface area contributed by atoms with Crippen molar-refractivity contribution < 1.29 is 4.74 Å². The Labute approximate surface area is 134 Å². The van der Waals surface area contributed by atoms with Crippen LogP contribution in [0.4, 0.5) is 0 Å². The van der Waals surface area contributed by atoms with Crippen LogP contribution >= 0.6 is 0 Å². The highest BCUT2D eigenvalue weighted by Crippen LogP contribution is 2.20. The fourth-order valence-corrected chi connectivity index (χ4v) is 3.29. The summed E-state index contributed by atoms with van der Waals surface area (Å²) in [5.74, 6) is 1.05. The highest BCUT2D eigenvalue weighted by Gasteiger charge is 2.18. The molecule has 4 heteroatoms. The number of hydrogen-bond acceptors (Lipinski definition) is 4. The minimum absolute atomic E-state index is 0.389. The quantitative estimate of drug-likeness (QED) is 0.894. The zero-order chi connectivity index (χ0) is 15.2. The molecule has 1 N–H and O–H groups in total. The monoisotopic (exact) mass is 303 g/mol. The molecule has 4 nitrogen and oxygen atoms in total. The van der Waals surface area contributed by atoms with Crippen molar-refractivity contribution >= 4 is 0 Å². The molecule has 0 spiro atoms. The van der Waals surface area contributed by atoms with Gasteiger partial charge in [-0.3, -0.25) is 0 Å². The molecule has 2 heterocycles. The van der Waals surface area contributed by atoms with Crippen LogP contribution in [0.15, 0.2) is 24.3 Å². The van der Waals surface area contributed by atoms with Crippen LogP contribution in [0.1, 0.15) is 18.4 Å². The first-order chi connectivity index (χ1) is 10.8. The lowest BCUT2D eigenvalue weighted by molar-refractivity contribution is 0.114. The molecule has 0 amide bonds. The molecule has 0 bridgehead atoms. The molecule has 122 valence electrons. The van der Waals surface area contributed by atoms with Crippen LogP contribution in [0.25, 0.3) is 0 Å². The Bertz CT molecular complexity index is 451. The molecule has 0 aliphatic carbocycles. The average molecular weight is 303 g/mol. The number of ether oxygens (including phenoxy) is 1. The van der Waals surface area contributed by atoms with Crippen LogP contribution in [0.2, 0.25) is 0 Å². The molecule has 22 heavy (non-hydrogen) atoms. The zero-order valence-electron chi connectivity index (χ0n) is 13.8. The van der Waals surface area contributed by atoms with Gasteiger partial charge in [-0.25, -0.2) is 0 Å². The molecule has 0 unspecified atom stereocenters. The van der Waals surface area contributed by atoms with Gasteiger partial charge in [-0.1, -0.05) is 12.1 Å². The van der Waals surface area contributed by atoms with E-state index in [2.05, 4.69) is 46.4 Å². The second-order valence-corrected chi connectivity index (χ2v) is 6.61. The number of nitrogens with one attached hydrogen (secondary N) is 1. The molecular weight excluding hydrogens is 274 g/mol. The van der Waals surface area contributed by atoms with Gasteiger partial charge < -0.3 is 19.9 Å². The van der Waals surface area contributed by atoms with Gasteiger partial charge in [0.1, 0.15) is 11.9 Å². The topological polar surface area (TPSA) is 27.7 Å². The first-order valence-corrected chi connectivity index (χ1v) is 8.67. The summed E-state index contributed by atoms with van der Waals surface area (Å²) in [6, 6.07) is 8.70. The van der Waals surface area contributed by atoms with E-state index in [1.54, 1.807) is 0 Å². The van der Waals surface area contributed by atoms with Crippen LogP contribution in [0, 0.1) is 0 Å². The van der Waals surface area contributed by atoms with Crippen LogP contribution < -0.4 is 10.1 Å². The fraction of sp³-hybridized carbons (Fsp3) is 0.667. The van der Waals surface area contributed by atoms with E-state index in [0.717, 1.165) is 57.7 Å². The summed E-state index contributed by atoms with van der Waals surface area (Å²) in [5, 5.41) is 3.41. The average Bonchev–Trinajstić information content (AvgIpc) is 2.57. The lowest BCUT2D eigenvalue weighted by Crippen LogP contribution is -2.44. The van der Waals surface area contributed by atoms with Gasteiger partial charge in [-0.15, -0.1) is 0 Å². The molecule has 2 fully saturated rings. The second kappa shape index (κ2) is 7.95. The number of piperidine rings is 1. The van der Waals surface area contributed by atoms with E-state index in [1.807, 2.05) is 0 Å². The predicted octanol–water partition coefficient (Wildman–Crippen LogP) is 1.61. The lowest BCUT2D eigenvalue weighted by atomic mass is 10.1. The number of likely N-dealkylation sites (tertiary alicyclic amines) is 1. The van der Waals surface area contributed by atoms with Crippen LogP contribution in [-0.4, -0.2) is 68.8 Å². The molecule has 2 saturated heterocycles. The highest BCUT2D eigenvalue weighted by molar-refractivity contribution is 5.29. The number of nitrogens with zero attached hydrogens (tertiary/aromatic N) is 2. The Morgan fingerprint density at radius 3 is 2.68 bits per heavy atom. The highest BCUT2D eigenvalue weighted by atomic mass is 16.5. The number of piperazine rings is 1. The maximum absolute atomic E-state index is 6.19.